The quantitative estimate of drug-likeness (QED) is 0.782. The molecular formula is C13H17N3OS. The molecule has 0 amide bonds. The third-order valence-electron chi connectivity index (χ3n) is 2.55. The van der Waals surface area contributed by atoms with Gasteiger partial charge in [0.15, 0.2) is 0 Å². The standard InChI is InChI=1S/C13H17N3OS/c1-10(15-18(17)13(2,3)4)11-5-6-12-14-7-8-16(12)9-11/h5-9H,1-4H3. The number of hydrogen-bond donors (Lipinski definition) is 0. The molecule has 0 radical (unpaired) electrons. The Morgan fingerprint density at radius 3 is 2.78 bits per heavy atom. The second kappa shape index (κ2) is 4.65. The van der Waals surface area contributed by atoms with E-state index in [2.05, 4.69) is 9.38 Å². The van der Waals surface area contributed by atoms with Crippen molar-refractivity contribution in [3.05, 3.63) is 36.3 Å². The fourth-order valence-corrected chi connectivity index (χ4v) is 2.08. The Hall–Kier alpha value is -1.49. The highest BCUT2D eigenvalue weighted by molar-refractivity contribution is 7.85. The molecular weight excluding hydrogens is 246 g/mol. The van der Waals surface area contributed by atoms with Crippen LogP contribution in [0.3, 0.4) is 0 Å². The second-order valence-corrected chi connectivity index (χ2v) is 7.05. The molecule has 2 aromatic heterocycles. The van der Waals surface area contributed by atoms with Gasteiger partial charge in [-0.3, -0.25) is 0 Å². The largest absolute Gasteiger partial charge is 0.306 e. The van der Waals surface area contributed by atoms with Crippen LogP contribution in [0.1, 0.15) is 33.3 Å². The maximum Gasteiger partial charge on any atom is 0.145 e. The van der Waals surface area contributed by atoms with Gasteiger partial charge in [-0.1, -0.05) is 0 Å². The van der Waals surface area contributed by atoms with E-state index in [4.69, 9.17) is 0 Å². The van der Waals surface area contributed by atoms with Crippen LogP contribution in [0, 0.1) is 0 Å². The van der Waals surface area contributed by atoms with Gasteiger partial charge in [-0.15, -0.1) is 0 Å². The van der Waals surface area contributed by atoms with Crippen molar-refractivity contribution < 1.29 is 4.21 Å². The summed E-state index contributed by atoms with van der Waals surface area (Å²) in [7, 11) is -1.23. The van der Waals surface area contributed by atoms with Gasteiger partial charge < -0.3 is 4.40 Å². The first-order chi connectivity index (χ1) is 8.38. The Morgan fingerprint density at radius 1 is 1.39 bits per heavy atom. The summed E-state index contributed by atoms with van der Waals surface area (Å²) in [5.41, 5.74) is 2.63. The third kappa shape index (κ3) is 2.67. The van der Waals surface area contributed by atoms with Crippen LogP contribution in [0.2, 0.25) is 0 Å². The van der Waals surface area contributed by atoms with E-state index in [9.17, 15) is 4.21 Å². The Morgan fingerprint density at radius 2 is 2.11 bits per heavy atom. The highest BCUT2D eigenvalue weighted by Gasteiger charge is 2.19. The molecule has 18 heavy (non-hydrogen) atoms. The fraction of sp³-hybridized carbons (Fsp3) is 0.385. The molecule has 1 atom stereocenters. The number of fused-ring (bicyclic) bond motifs is 1. The minimum atomic E-state index is -1.23. The third-order valence-corrected chi connectivity index (χ3v) is 4.04. The Labute approximate surface area is 109 Å². The Bertz CT molecular complexity index is 622. The molecule has 2 rings (SSSR count). The molecule has 0 aliphatic rings. The molecule has 0 fully saturated rings. The topological polar surface area (TPSA) is 46.7 Å². The van der Waals surface area contributed by atoms with E-state index in [0.29, 0.717) is 0 Å². The Kier molecular flexibility index (Phi) is 3.34. The van der Waals surface area contributed by atoms with Crippen LogP contribution in [0.15, 0.2) is 35.1 Å². The lowest BCUT2D eigenvalue weighted by Crippen LogP contribution is -2.20. The summed E-state index contributed by atoms with van der Waals surface area (Å²) >= 11 is 0. The SMILES string of the molecule is CC(=NS(=O)C(C)(C)C)c1ccc2nccn2c1. The van der Waals surface area contributed by atoms with Crippen LogP contribution in [0.4, 0.5) is 0 Å². The predicted molar refractivity (Wildman–Crippen MR) is 75.3 cm³/mol. The van der Waals surface area contributed by atoms with Gasteiger partial charge >= 0.3 is 0 Å². The number of nitrogens with zero attached hydrogens (tertiary/aromatic N) is 3. The monoisotopic (exact) mass is 263 g/mol. The van der Waals surface area contributed by atoms with E-state index in [-0.39, 0.29) is 4.75 Å². The normalized spacial score (nSPS) is 15.0. The lowest BCUT2D eigenvalue weighted by molar-refractivity contribution is 0.650. The van der Waals surface area contributed by atoms with E-state index in [1.54, 1.807) is 6.20 Å². The van der Waals surface area contributed by atoms with Crippen LogP contribution >= 0.6 is 0 Å². The van der Waals surface area contributed by atoms with Crippen molar-refractivity contribution in [2.45, 2.75) is 32.4 Å². The summed E-state index contributed by atoms with van der Waals surface area (Å²) in [5, 5.41) is 0. The summed E-state index contributed by atoms with van der Waals surface area (Å²) in [6.07, 6.45) is 5.58. The fourth-order valence-electron chi connectivity index (χ4n) is 1.45. The average Bonchev–Trinajstić information content (AvgIpc) is 2.74. The molecule has 0 bridgehead atoms. The van der Waals surface area contributed by atoms with Crippen LogP contribution in [0.25, 0.3) is 5.65 Å². The van der Waals surface area contributed by atoms with E-state index in [0.717, 1.165) is 16.9 Å². The molecule has 0 spiro atoms. The van der Waals surface area contributed by atoms with Gasteiger partial charge in [0.2, 0.25) is 0 Å². The first-order valence-corrected chi connectivity index (χ1v) is 6.89. The van der Waals surface area contributed by atoms with Gasteiger partial charge in [-0.25, -0.2) is 9.19 Å². The van der Waals surface area contributed by atoms with Crippen LogP contribution in [-0.4, -0.2) is 24.1 Å². The van der Waals surface area contributed by atoms with E-state index >= 15 is 0 Å². The van der Waals surface area contributed by atoms with E-state index in [1.807, 2.05) is 56.6 Å². The maximum absolute atomic E-state index is 12.0. The van der Waals surface area contributed by atoms with Crippen molar-refractivity contribution in [1.82, 2.24) is 9.38 Å². The molecule has 0 aromatic carbocycles. The van der Waals surface area contributed by atoms with Crippen molar-refractivity contribution in [3.63, 3.8) is 0 Å². The maximum atomic E-state index is 12.0. The zero-order valence-corrected chi connectivity index (χ0v) is 11.9. The van der Waals surface area contributed by atoms with E-state index < -0.39 is 11.0 Å². The smallest absolute Gasteiger partial charge is 0.145 e. The number of hydrogen-bond acceptors (Lipinski definition) is 2. The minimum Gasteiger partial charge on any atom is -0.306 e. The molecule has 2 aromatic rings. The van der Waals surface area contributed by atoms with Gasteiger partial charge in [0.05, 0.1) is 10.5 Å². The molecule has 0 N–H and O–H groups in total. The van der Waals surface area contributed by atoms with Gasteiger partial charge in [-0.05, 0) is 39.8 Å². The van der Waals surface area contributed by atoms with Gasteiger partial charge in [0.25, 0.3) is 0 Å². The highest BCUT2D eigenvalue weighted by atomic mass is 32.2. The lowest BCUT2D eigenvalue weighted by atomic mass is 10.2. The molecule has 2 heterocycles. The van der Waals surface area contributed by atoms with Crippen molar-refractivity contribution in [2.24, 2.45) is 4.40 Å². The molecule has 1 unspecified atom stereocenters. The average molecular weight is 263 g/mol. The molecule has 5 heteroatoms. The molecule has 0 aliphatic carbocycles. The summed E-state index contributed by atoms with van der Waals surface area (Å²) in [4.78, 5) is 4.18. The molecule has 4 nitrogen and oxygen atoms in total. The summed E-state index contributed by atoms with van der Waals surface area (Å²) in [6, 6.07) is 3.87. The summed E-state index contributed by atoms with van der Waals surface area (Å²) < 4.78 is 17.8. The molecule has 0 saturated heterocycles. The zero-order chi connectivity index (χ0) is 13.3. The number of pyridine rings is 1. The van der Waals surface area contributed by atoms with Crippen LogP contribution in [-0.2, 0) is 11.0 Å². The molecule has 96 valence electrons. The van der Waals surface area contributed by atoms with Crippen LogP contribution < -0.4 is 0 Å². The van der Waals surface area contributed by atoms with Crippen molar-refractivity contribution in [1.29, 1.82) is 0 Å². The van der Waals surface area contributed by atoms with Crippen molar-refractivity contribution >= 4 is 22.3 Å². The number of rotatable bonds is 2. The lowest BCUT2D eigenvalue weighted by Gasteiger charge is -2.14. The van der Waals surface area contributed by atoms with Gasteiger partial charge in [0.1, 0.15) is 16.6 Å². The van der Waals surface area contributed by atoms with E-state index in [1.165, 1.54) is 0 Å². The number of imidazole rings is 1. The minimum absolute atomic E-state index is 0.333. The molecule has 0 saturated carbocycles. The first-order valence-electron chi connectivity index (χ1n) is 5.78. The Balaban J connectivity index is 2.35. The summed E-state index contributed by atoms with van der Waals surface area (Å²) in [6.45, 7) is 7.62. The predicted octanol–water partition coefficient (Wildman–Crippen LogP) is 2.61. The van der Waals surface area contributed by atoms with Gasteiger partial charge in [-0.2, -0.15) is 4.40 Å². The number of aromatic nitrogens is 2. The summed E-state index contributed by atoms with van der Waals surface area (Å²) in [5.74, 6) is 0. The zero-order valence-electron chi connectivity index (χ0n) is 11.0. The van der Waals surface area contributed by atoms with Crippen molar-refractivity contribution in [3.8, 4) is 0 Å². The highest BCUT2D eigenvalue weighted by Crippen LogP contribution is 2.14. The second-order valence-electron chi connectivity index (χ2n) is 5.15. The van der Waals surface area contributed by atoms with Crippen LogP contribution in [0.5, 0.6) is 0 Å². The molecule has 0 aliphatic heterocycles. The first kappa shape index (κ1) is 13.0. The van der Waals surface area contributed by atoms with Gasteiger partial charge in [0, 0.05) is 24.2 Å². The van der Waals surface area contributed by atoms with Crippen molar-refractivity contribution in [2.75, 3.05) is 0 Å².